The summed E-state index contributed by atoms with van der Waals surface area (Å²) in [5.41, 5.74) is 1.05. The van der Waals surface area contributed by atoms with Crippen molar-refractivity contribution in [2.45, 2.75) is 12.8 Å². The largest absolute Gasteiger partial charge is 0.504 e. The van der Waals surface area contributed by atoms with E-state index in [0.717, 1.165) is 18.5 Å². The zero-order valence-electron chi connectivity index (χ0n) is 10.9. The lowest BCUT2D eigenvalue weighted by atomic mass is 10.1. The van der Waals surface area contributed by atoms with E-state index >= 15 is 0 Å². The highest BCUT2D eigenvalue weighted by Crippen LogP contribution is 2.27. The number of pyridine rings is 1. The Morgan fingerprint density at radius 2 is 2.00 bits per heavy atom. The minimum atomic E-state index is -0.403. The second-order valence-electron chi connectivity index (χ2n) is 4.35. The van der Waals surface area contributed by atoms with Crippen molar-refractivity contribution in [1.82, 2.24) is 10.3 Å². The molecule has 1 heterocycles. The molecule has 1 amide bonds. The first-order valence-corrected chi connectivity index (χ1v) is 6.37. The van der Waals surface area contributed by atoms with Crippen LogP contribution in [0, 0.1) is 0 Å². The Labute approximate surface area is 116 Å². The molecule has 0 saturated carbocycles. The Balaban J connectivity index is 1.82. The fraction of sp³-hybridized carbons (Fsp3) is 0.200. The van der Waals surface area contributed by atoms with Crippen molar-refractivity contribution in [3.8, 4) is 11.5 Å². The lowest BCUT2D eigenvalue weighted by Crippen LogP contribution is -2.24. The number of hydrogen-bond donors (Lipinski definition) is 3. The molecule has 2 rings (SSSR count). The number of nitrogens with one attached hydrogen (secondary N) is 1. The molecule has 0 aliphatic heterocycles. The van der Waals surface area contributed by atoms with Crippen LogP contribution in [0.15, 0.2) is 42.6 Å². The molecule has 0 unspecified atom stereocenters. The van der Waals surface area contributed by atoms with Gasteiger partial charge in [0.2, 0.25) is 0 Å². The molecule has 3 N–H and O–H groups in total. The van der Waals surface area contributed by atoms with E-state index in [0.29, 0.717) is 6.54 Å². The van der Waals surface area contributed by atoms with Gasteiger partial charge in [0.25, 0.3) is 5.91 Å². The van der Waals surface area contributed by atoms with E-state index in [1.54, 1.807) is 6.20 Å². The van der Waals surface area contributed by atoms with Crippen molar-refractivity contribution in [3.63, 3.8) is 0 Å². The molecule has 0 atom stereocenters. The predicted octanol–water partition coefficient (Wildman–Crippen LogP) is 1.86. The number of nitrogens with zero attached hydrogens (tertiary/aromatic N) is 1. The molecule has 2 aromatic rings. The van der Waals surface area contributed by atoms with Gasteiger partial charge in [0.1, 0.15) is 0 Å². The number of phenolic OH excluding ortho intramolecular Hbond substituents is 2. The SMILES string of the molecule is O=C(NCCCc1ccccn1)c1cccc(O)c1O. The molecule has 5 nitrogen and oxygen atoms in total. The van der Waals surface area contributed by atoms with E-state index in [-0.39, 0.29) is 11.3 Å². The molecule has 0 fully saturated rings. The average Bonchev–Trinajstić information content (AvgIpc) is 2.47. The van der Waals surface area contributed by atoms with Crippen molar-refractivity contribution in [3.05, 3.63) is 53.9 Å². The van der Waals surface area contributed by atoms with Crippen LogP contribution in [0.4, 0.5) is 0 Å². The zero-order chi connectivity index (χ0) is 14.4. The fourth-order valence-corrected chi connectivity index (χ4v) is 1.83. The van der Waals surface area contributed by atoms with Gasteiger partial charge in [-0.05, 0) is 37.1 Å². The summed E-state index contributed by atoms with van der Waals surface area (Å²) in [6.45, 7) is 0.477. The van der Waals surface area contributed by atoms with Crippen molar-refractivity contribution in [2.75, 3.05) is 6.54 Å². The maximum Gasteiger partial charge on any atom is 0.255 e. The van der Waals surface area contributed by atoms with Gasteiger partial charge in [0, 0.05) is 18.4 Å². The van der Waals surface area contributed by atoms with Crippen LogP contribution in [-0.4, -0.2) is 27.6 Å². The summed E-state index contributed by atoms with van der Waals surface area (Å²) in [5.74, 6) is -1.10. The van der Waals surface area contributed by atoms with E-state index in [1.165, 1.54) is 18.2 Å². The Morgan fingerprint density at radius 3 is 2.75 bits per heavy atom. The number of rotatable bonds is 5. The zero-order valence-corrected chi connectivity index (χ0v) is 10.9. The number of hydrogen-bond acceptors (Lipinski definition) is 4. The minimum absolute atomic E-state index is 0.0721. The highest BCUT2D eigenvalue weighted by atomic mass is 16.3. The van der Waals surface area contributed by atoms with Crippen LogP contribution in [0.1, 0.15) is 22.5 Å². The van der Waals surface area contributed by atoms with E-state index in [9.17, 15) is 15.0 Å². The lowest BCUT2D eigenvalue weighted by Gasteiger charge is -2.07. The van der Waals surface area contributed by atoms with Crippen molar-refractivity contribution in [1.29, 1.82) is 0 Å². The maximum atomic E-state index is 11.8. The van der Waals surface area contributed by atoms with Gasteiger partial charge in [-0.15, -0.1) is 0 Å². The molecule has 1 aromatic heterocycles. The van der Waals surface area contributed by atoms with Crippen LogP contribution in [0.25, 0.3) is 0 Å². The quantitative estimate of drug-likeness (QED) is 0.573. The number of phenols is 2. The van der Waals surface area contributed by atoms with Gasteiger partial charge in [-0.3, -0.25) is 9.78 Å². The van der Waals surface area contributed by atoms with Crippen LogP contribution in [-0.2, 0) is 6.42 Å². The Bertz CT molecular complexity index is 585. The van der Waals surface area contributed by atoms with Crippen LogP contribution in [0.3, 0.4) is 0 Å². The summed E-state index contributed by atoms with van der Waals surface area (Å²) in [5, 5.41) is 21.6. The van der Waals surface area contributed by atoms with Gasteiger partial charge in [0.15, 0.2) is 11.5 Å². The van der Waals surface area contributed by atoms with Gasteiger partial charge in [0.05, 0.1) is 5.56 Å². The van der Waals surface area contributed by atoms with Crippen molar-refractivity contribution >= 4 is 5.91 Å². The number of amides is 1. The molecule has 0 spiro atoms. The van der Waals surface area contributed by atoms with Gasteiger partial charge in [-0.2, -0.15) is 0 Å². The number of carbonyl (C=O) groups is 1. The third kappa shape index (κ3) is 3.47. The highest BCUT2D eigenvalue weighted by Gasteiger charge is 2.12. The topological polar surface area (TPSA) is 82.5 Å². The second kappa shape index (κ2) is 6.56. The first-order valence-electron chi connectivity index (χ1n) is 6.37. The first kappa shape index (κ1) is 13.9. The molecular formula is C15H16N2O3. The number of para-hydroxylation sites is 1. The average molecular weight is 272 g/mol. The molecule has 5 heteroatoms. The molecule has 0 saturated heterocycles. The molecule has 20 heavy (non-hydrogen) atoms. The van der Waals surface area contributed by atoms with Gasteiger partial charge in [-0.1, -0.05) is 12.1 Å². The summed E-state index contributed by atoms with van der Waals surface area (Å²) < 4.78 is 0. The standard InChI is InChI=1S/C15H16N2O3/c18-13-8-3-7-12(14(13)19)15(20)17-10-4-6-11-5-1-2-9-16-11/h1-3,5,7-9,18-19H,4,6,10H2,(H,17,20). The lowest BCUT2D eigenvalue weighted by molar-refractivity contribution is 0.0950. The molecule has 1 aromatic carbocycles. The van der Waals surface area contributed by atoms with E-state index < -0.39 is 11.7 Å². The number of benzene rings is 1. The summed E-state index contributed by atoms with van der Waals surface area (Å²) in [6, 6.07) is 10.0. The fourth-order valence-electron chi connectivity index (χ4n) is 1.83. The van der Waals surface area contributed by atoms with Crippen molar-refractivity contribution in [2.24, 2.45) is 0 Å². The first-order chi connectivity index (χ1) is 9.68. The maximum absolute atomic E-state index is 11.8. The Kier molecular flexibility index (Phi) is 4.55. The number of aromatic nitrogens is 1. The summed E-state index contributed by atoms with van der Waals surface area (Å²) >= 11 is 0. The summed E-state index contributed by atoms with van der Waals surface area (Å²) in [6.07, 6.45) is 3.26. The van der Waals surface area contributed by atoms with Crippen LogP contribution >= 0.6 is 0 Å². The van der Waals surface area contributed by atoms with E-state index in [4.69, 9.17) is 0 Å². The van der Waals surface area contributed by atoms with Crippen LogP contribution in [0.2, 0.25) is 0 Å². The van der Waals surface area contributed by atoms with Crippen molar-refractivity contribution < 1.29 is 15.0 Å². The molecule has 0 aliphatic rings. The number of aromatic hydroxyl groups is 2. The predicted molar refractivity (Wildman–Crippen MR) is 74.7 cm³/mol. The van der Waals surface area contributed by atoms with Crippen LogP contribution in [0.5, 0.6) is 11.5 Å². The summed E-state index contributed by atoms with van der Waals surface area (Å²) in [7, 11) is 0. The van der Waals surface area contributed by atoms with Gasteiger partial charge in [-0.25, -0.2) is 0 Å². The highest BCUT2D eigenvalue weighted by molar-refractivity contribution is 5.97. The summed E-state index contributed by atoms with van der Waals surface area (Å²) in [4.78, 5) is 16.0. The van der Waals surface area contributed by atoms with Crippen LogP contribution < -0.4 is 5.32 Å². The molecule has 0 bridgehead atoms. The van der Waals surface area contributed by atoms with E-state index in [2.05, 4.69) is 10.3 Å². The van der Waals surface area contributed by atoms with E-state index in [1.807, 2.05) is 18.2 Å². The third-order valence-corrected chi connectivity index (χ3v) is 2.88. The monoisotopic (exact) mass is 272 g/mol. The van der Waals surface area contributed by atoms with Gasteiger partial charge < -0.3 is 15.5 Å². The third-order valence-electron chi connectivity index (χ3n) is 2.88. The smallest absolute Gasteiger partial charge is 0.255 e. The molecule has 104 valence electrons. The molecule has 0 radical (unpaired) electrons. The number of carbonyl (C=O) groups excluding carboxylic acids is 1. The minimum Gasteiger partial charge on any atom is -0.504 e. The Morgan fingerprint density at radius 1 is 1.15 bits per heavy atom. The molecular weight excluding hydrogens is 256 g/mol. The molecule has 0 aliphatic carbocycles. The van der Waals surface area contributed by atoms with Gasteiger partial charge >= 0.3 is 0 Å². The second-order valence-corrected chi connectivity index (χ2v) is 4.35. The normalized spacial score (nSPS) is 10.2. The number of aryl methyl sites for hydroxylation is 1. The Hall–Kier alpha value is -2.56.